The molecule has 0 aromatic heterocycles. The second-order valence-electron chi connectivity index (χ2n) is 11.0. The molecule has 0 bridgehead atoms. The summed E-state index contributed by atoms with van der Waals surface area (Å²) in [4.78, 5) is 31.4. The average molecular weight is 540 g/mol. The summed E-state index contributed by atoms with van der Waals surface area (Å²) in [6.07, 6.45) is 4.42. The molecule has 1 aliphatic carbocycles. The number of carbonyl (C=O) groups is 2. The van der Waals surface area contributed by atoms with Gasteiger partial charge in [-0.2, -0.15) is 0 Å². The summed E-state index contributed by atoms with van der Waals surface area (Å²) in [5.41, 5.74) is 3.65. The van der Waals surface area contributed by atoms with Gasteiger partial charge in [0.2, 0.25) is 11.8 Å². The Bertz CT molecular complexity index is 1180. The predicted octanol–water partition coefficient (Wildman–Crippen LogP) is 5.49. The fourth-order valence-electron chi connectivity index (χ4n) is 6.32. The second-order valence-corrected chi connectivity index (χ2v) is 11.0. The molecule has 6 heteroatoms. The molecular formula is C34H41N3O3. The lowest BCUT2D eigenvalue weighted by atomic mass is 9.77. The Morgan fingerprint density at radius 2 is 1.38 bits per heavy atom. The molecule has 2 amide bonds. The third-order valence-electron chi connectivity index (χ3n) is 8.58. The van der Waals surface area contributed by atoms with Crippen molar-refractivity contribution in [3.05, 3.63) is 96.1 Å². The number of methoxy groups -OCH3 is 1. The average Bonchev–Trinajstić information content (AvgIpc) is 3.03. The number of hydrogen-bond donors (Lipinski definition) is 1. The van der Waals surface area contributed by atoms with Gasteiger partial charge in [-0.15, -0.1) is 0 Å². The minimum Gasteiger partial charge on any atom is -0.497 e. The Balaban J connectivity index is 1.16. The number of carbonyl (C=O) groups excluding carboxylic acids is 2. The molecule has 2 unspecified atom stereocenters. The first-order valence-electron chi connectivity index (χ1n) is 14.7. The van der Waals surface area contributed by atoms with Crippen LogP contribution in [0.4, 0.5) is 5.69 Å². The van der Waals surface area contributed by atoms with Crippen molar-refractivity contribution in [3.8, 4) is 5.75 Å². The molecule has 1 saturated heterocycles. The number of nitrogens with zero attached hydrogens (tertiary/aromatic N) is 2. The standard InChI is InChI=1S/C34H41N3O3/c1-40-29-18-16-28(17-19-29)36-22-24-37(25-23-36)34(39)32-15-9-8-14-31(32)33(38)35-21-20-30(26-10-4-2-5-11-26)27-12-6-3-7-13-27/h2-7,10-13,16-19,30-32H,8-9,14-15,20-25H2,1H3,(H,35,38). The van der Waals surface area contributed by atoms with Gasteiger partial charge in [-0.1, -0.05) is 73.5 Å². The van der Waals surface area contributed by atoms with Gasteiger partial charge >= 0.3 is 0 Å². The maximum absolute atomic E-state index is 13.7. The van der Waals surface area contributed by atoms with Gasteiger partial charge in [-0.3, -0.25) is 9.59 Å². The van der Waals surface area contributed by atoms with E-state index in [2.05, 4.69) is 70.9 Å². The quantitative estimate of drug-likeness (QED) is 0.391. The molecule has 40 heavy (non-hydrogen) atoms. The number of anilines is 1. The van der Waals surface area contributed by atoms with E-state index in [1.165, 1.54) is 11.1 Å². The summed E-state index contributed by atoms with van der Waals surface area (Å²) in [7, 11) is 1.67. The molecule has 210 valence electrons. The zero-order valence-electron chi connectivity index (χ0n) is 23.5. The maximum atomic E-state index is 13.7. The molecule has 1 aliphatic heterocycles. The number of hydrogen-bond acceptors (Lipinski definition) is 4. The number of rotatable bonds is 9. The van der Waals surface area contributed by atoms with Crippen LogP contribution in [-0.4, -0.2) is 56.5 Å². The number of amides is 2. The van der Waals surface area contributed by atoms with Gasteiger partial charge in [0, 0.05) is 56.2 Å². The van der Waals surface area contributed by atoms with Crippen LogP contribution in [-0.2, 0) is 9.59 Å². The van der Waals surface area contributed by atoms with E-state index in [9.17, 15) is 9.59 Å². The SMILES string of the molecule is COc1ccc(N2CCN(C(=O)C3CCCCC3C(=O)NCCC(c3ccccc3)c3ccccc3)CC2)cc1. The molecule has 0 spiro atoms. The van der Waals surface area contributed by atoms with E-state index in [0.29, 0.717) is 19.6 Å². The van der Waals surface area contributed by atoms with E-state index in [1.807, 2.05) is 29.2 Å². The molecule has 2 atom stereocenters. The van der Waals surface area contributed by atoms with Crippen LogP contribution in [0.2, 0.25) is 0 Å². The van der Waals surface area contributed by atoms with Crippen molar-refractivity contribution in [1.29, 1.82) is 0 Å². The van der Waals surface area contributed by atoms with E-state index in [-0.39, 0.29) is 29.6 Å². The summed E-state index contributed by atoms with van der Waals surface area (Å²) in [6, 6.07) is 29.0. The van der Waals surface area contributed by atoms with Crippen LogP contribution in [0.5, 0.6) is 5.75 Å². The molecule has 3 aromatic rings. The Kier molecular flexibility index (Phi) is 9.38. The van der Waals surface area contributed by atoms with Crippen molar-refractivity contribution >= 4 is 17.5 Å². The molecule has 6 nitrogen and oxygen atoms in total. The van der Waals surface area contributed by atoms with E-state index >= 15 is 0 Å². The zero-order chi connectivity index (χ0) is 27.7. The molecule has 1 saturated carbocycles. The van der Waals surface area contributed by atoms with E-state index in [4.69, 9.17) is 4.74 Å². The van der Waals surface area contributed by atoms with Gasteiger partial charge in [0.15, 0.2) is 0 Å². The van der Waals surface area contributed by atoms with Crippen LogP contribution in [0.15, 0.2) is 84.9 Å². The zero-order valence-corrected chi connectivity index (χ0v) is 23.5. The van der Waals surface area contributed by atoms with Crippen LogP contribution >= 0.6 is 0 Å². The minimum atomic E-state index is -0.243. The Labute approximate surface area is 238 Å². The molecule has 2 fully saturated rings. The van der Waals surface area contributed by atoms with Gasteiger partial charge in [0.25, 0.3) is 0 Å². The van der Waals surface area contributed by atoms with Crippen LogP contribution < -0.4 is 15.0 Å². The summed E-state index contributed by atoms with van der Waals surface area (Å²) in [5, 5.41) is 3.22. The third-order valence-corrected chi connectivity index (χ3v) is 8.58. The highest BCUT2D eigenvalue weighted by Gasteiger charge is 2.38. The Hall–Kier alpha value is -3.80. The summed E-state index contributed by atoms with van der Waals surface area (Å²) >= 11 is 0. The van der Waals surface area contributed by atoms with Crippen molar-refractivity contribution in [2.45, 2.75) is 38.0 Å². The van der Waals surface area contributed by atoms with Crippen molar-refractivity contribution in [3.63, 3.8) is 0 Å². The number of benzene rings is 3. The van der Waals surface area contributed by atoms with Gasteiger partial charge in [0.05, 0.1) is 7.11 Å². The van der Waals surface area contributed by atoms with Crippen LogP contribution in [0.1, 0.15) is 49.1 Å². The van der Waals surface area contributed by atoms with Crippen molar-refractivity contribution in [2.24, 2.45) is 11.8 Å². The van der Waals surface area contributed by atoms with Gasteiger partial charge in [-0.05, 0) is 54.7 Å². The lowest BCUT2D eigenvalue weighted by Gasteiger charge is -2.39. The maximum Gasteiger partial charge on any atom is 0.226 e. The molecular weight excluding hydrogens is 498 g/mol. The van der Waals surface area contributed by atoms with Gasteiger partial charge < -0.3 is 19.9 Å². The smallest absolute Gasteiger partial charge is 0.226 e. The highest BCUT2D eigenvalue weighted by Crippen LogP contribution is 2.33. The number of ether oxygens (including phenoxy) is 1. The monoisotopic (exact) mass is 539 g/mol. The third kappa shape index (κ3) is 6.67. The summed E-state index contributed by atoms with van der Waals surface area (Å²) in [5.74, 6) is 0.784. The first-order chi connectivity index (χ1) is 19.6. The van der Waals surface area contributed by atoms with E-state index in [1.54, 1.807) is 7.11 Å². The first-order valence-corrected chi connectivity index (χ1v) is 14.7. The largest absolute Gasteiger partial charge is 0.497 e. The molecule has 3 aromatic carbocycles. The highest BCUT2D eigenvalue weighted by atomic mass is 16.5. The molecule has 2 aliphatic rings. The fourth-order valence-corrected chi connectivity index (χ4v) is 6.32. The fraction of sp³-hybridized carbons (Fsp3) is 0.412. The normalized spacial score (nSPS) is 19.4. The Morgan fingerprint density at radius 3 is 1.95 bits per heavy atom. The molecule has 1 heterocycles. The van der Waals surface area contributed by atoms with Gasteiger partial charge in [0.1, 0.15) is 5.75 Å². The number of piperazine rings is 1. The topological polar surface area (TPSA) is 61.9 Å². The van der Waals surface area contributed by atoms with Crippen LogP contribution in [0.3, 0.4) is 0 Å². The van der Waals surface area contributed by atoms with Crippen molar-refractivity contribution < 1.29 is 14.3 Å². The van der Waals surface area contributed by atoms with Crippen molar-refractivity contribution in [2.75, 3.05) is 44.7 Å². The summed E-state index contributed by atoms with van der Waals surface area (Å²) in [6.45, 7) is 3.55. The predicted molar refractivity (Wildman–Crippen MR) is 160 cm³/mol. The Morgan fingerprint density at radius 1 is 0.800 bits per heavy atom. The molecule has 1 N–H and O–H groups in total. The van der Waals surface area contributed by atoms with Crippen molar-refractivity contribution in [1.82, 2.24) is 10.2 Å². The molecule has 5 rings (SSSR count). The molecule has 0 radical (unpaired) electrons. The highest BCUT2D eigenvalue weighted by molar-refractivity contribution is 5.88. The first kappa shape index (κ1) is 27.8. The second kappa shape index (κ2) is 13.5. The van der Waals surface area contributed by atoms with E-state index in [0.717, 1.165) is 56.6 Å². The lowest BCUT2D eigenvalue weighted by molar-refractivity contribution is -0.144. The van der Waals surface area contributed by atoms with Gasteiger partial charge in [-0.25, -0.2) is 0 Å². The lowest BCUT2D eigenvalue weighted by Crippen LogP contribution is -2.52. The number of nitrogens with one attached hydrogen (secondary N) is 1. The summed E-state index contributed by atoms with van der Waals surface area (Å²) < 4.78 is 5.27. The van der Waals surface area contributed by atoms with E-state index < -0.39 is 0 Å². The minimum absolute atomic E-state index is 0.0368. The van der Waals surface area contributed by atoms with Crippen LogP contribution in [0, 0.1) is 11.8 Å². The van der Waals surface area contributed by atoms with Crippen LogP contribution in [0.25, 0.3) is 0 Å².